The number of nitrogens with zero attached hydrogens (tertiary/aromatic N) is 3. The Bertz CT molecular complexity index is 1140. The molecule has 1 N–H and O–H groups in total. The van der Waals surface area contributed by atoms with E-state index in [4.69, 9.17) is 4.52 Å². The Hall–Kier alpha value is -2.30. The molecule has 1 fully saturated rings. The van der Waals surface area contributed by atoms with Gasteiger partial charge < -0.3 is 4.52 Å². The van der Waals surface area contributed by atoms with Crippen molar-refractivity contribution < 1.29 is 17.7 Å². The quantitative estimate of drug-likeness (QED) is 0.680. The molecule has 1 aliphatic rings. The van der Waals surface area contributed by atoms with E-state index in [2.05, 4.69) is 15.5 Å². The standard InChI is InChI=1S/C18H20N4O4S2/c1-3-13-16(11(2)26-21-13)17(23)20-18-19-14-7-6-12(10-15(14)27-18)28(24,25)22-8-4-5-9-22/h6-7,10H,3-5,8-9H2,1-2H3,(H,19,20,23). The number of hydrogen-bond acceptors (Lipinski definition) is 7. The van der Waals surface area contributed by atoms with Crippen molar-refractivity contribution in [3.8, 4) is 0 Å². The van der Waals surface area contributed by atoms with Crippen LogP contribution in [0.2, 0.25) is 0 Å². The summed E-state index contributed by atoms with van der Waals surface area (Å²) in [4.78, 5) is 17.3. The van der Waals surface area contributed by atoms with Crippen molar-refractivity contribution in [1.29, 1.82) is 0 Å². The van der Waals surface area contributed by atoms with E-state index in [1.165, 1.54) is 15.6 Å². The molecule has 2 aromatic heterocycles. The number of fused-ring (bicyclic) bond motifs is 1. The van der Waals surface area contributed by atoms with Crippen molar-refractivity contribution in [2.75, 3.05) is 18.4 Å². The lowest BCUT2D eigenvalue weighted by molar-refractivity contribution is 0.102. The number of carbonyl (C=O) groups is 1. The molecule has 1 saturated heterocycles. The number of anilines is 1. The van der Waals surface area contributed by atoms with Crippen molar-refractivity contribution in [3.05, 3.63) is 35.2 Å². The van der Waals surface area contributed by atoms with E-state index in [1.807, 2.05) is 6.92 Å². The van der Waals surface area contributed by atoms with Gasteiger partial charge in [-0.3, -0.25) is 10.1 Å². The zero-order valence-electron chi connectivity index (χ0n) is 15.6. The van der Waals surface area contributed by atoms with E-state index in [9.17, 15) is 13.2 Å². The summed E-state index contributed by atoms with van der Waals surface area (Å²) in [6.45, 7) is 4.70. The van der Waals surface area contributed by atoms with Gasteiger partial charge in [0, 0.05) is 13.1 Å². The normalized spacial score (nSPS) is 15.4. The maximum Gasteiger partial charge on any atom is 0.262 e. The number of sulfonamides is 1. The summed E-state index contributed by atoms with van der Waals surface area (Å²) in [7, 11) is -3.49. The van der Waals surface area contributed by atoms with Gasteiger partial charge >= 0.3 is 0 Å². The number of thiazole rings is 1. The zero-order valence-corrected chi connectivity index (χ0v) is 17.2. The third-order valence-electron chi connectivity index (χ3n) is 4.78. The molecule has 4 rings (SSSR count). The molecule has 0 atom stereocenters. The molecular weight excluding hydrogens is 400 g/mol. The van der Waals surface area contributed by atoms with Gasteiger partial charge in [-0.1, -0.05) is 23.4 Å². The lowest BCUT2D eigenvalue weighted by Gasteiger charge is -2.15. The fraction of sp³-hybridized carbons (Fsp3) is 0.389. The minimum Gasteiger partial charge on any atom is -0.361 e. The second-order valence-corrected chi connectivity index (χ2v) is 9.60. The average molecular weight is 421 g/mol. The van der Waals surface area contributed by atoms with Gasteiger partial charge in [0.15, 0.2) is 5.13 Å². The molecule has 0 aliphatic carbocycles. The molecule has 0 unspecified atom stereocenters. The minimum absolute atomic E-state index is 0.256. The van der Waals surface area contributed by atoms with Crippen molar-refractivity contribution in [2.24, 2.45) is 0 Å². The van der Waals surface area contributed by atoms with Crippen molar-refractivity contribution in [1.82, 2.24) is 14.4 Å². The molecule has 3 aromatic rings. The number of rotatable bonds is 5. The maximum atomic E-state index is 12.7. The number of amides is 1. The smallest absolute Gasteiger partial charge is 0.262 e. The second kappa shape index (κ2) is 7.26. The van der Waals surface area contributed by atoms with Crippen LogP contribution >= 0.6 is 11.3 Å². The third kappa shape index (κ3) is 3.31. The Labute approximate surface area is 166 Å². The largest absolute Gasteiger partial charge is 0.361 e. The zero-order chi connectivity index (χ0) is 19.9. The molecule has 1 aliphatic heterocycles. The molecule has 3 heterocycles. The van der Waals surface area contributed by atoms with Gasteiger partial charge in [-0.25, -0.2) is 13.4 Å². The van der Waals surface area contributed by atoms with E-state index in [0.717, 1.165) is 12.8 Å². The first-order valence-corrected chi connectivity index (χ1v) is 11.3. The predicted octanol–water partition coefficient (Wildman–Crippen LogP) is 3.19. The minimum atomic E-state index is -3.49. The summed E-state index contributed by atoms with van der Waals surface area (Å²) in [5.74, 6) is 0.119. The topological polar surface area (TPSA) is 105 Å². The number of nitrogens with one attached hydrogen (secondary N) is 1. The average Bonchev–Trinajstić information content (AvgIpc) is 3.39. The first-order valence-electron chi connectivity index (χ1n) is 9.07. The van der Waals surface area contributed by atoms with Crippen LogP contribution in [0.4, 0.5) is 5.13 Å². The molecule has 10 heteroatoms. The van der Waals surface area contributed by atoms with Gasteiger partial charge in [0.25, 0.3) is 5.91 Å². The van der Waals surface area contributed by atoms with Crippen LogP contribution in [0, 0.1) is 6.92 Å². The third-order valence-corrected chi connectivity index (χ3v) is 7.61. The van der Waals surface area contributed by atoms with Crippen molar-refractivity contribution in [3.63, 3.8) is 0 Å². The highest BCUT2D eigenvalue weighted by Crippen LogP contribution is 2.30. The van der Waals surface area contributed by atoms with E-state index in [-0.39, 0.29) is 10.8 Å². The molecule has 28 heavy (non-hydrogen) atoms. The molecular formula is C18H20N4O4S2. The SMILES string of the molecule is CCc1noc(C)c1C(=O)Nc1nc2ccc(S(=O)(=O)N3CCCC3)cc2s1. The number of benzene rings is 1. The maximum absolute atomic E-state index is 12.7. The summed E-state index contributed by atoms with van der Waals surface area (Å²) in [6, 6.07) is 4.87. The molecule has 148 valence electrons. The van der Waals surface area contributed by atoms with Crippen molar-refractivity contribution >= 4 is 42.6 Å². The molecule has 8 nitrogen and oxygen atoms in total. The summed E-state index contributed by atoms with van der Waals surface area (Å²) in [6.07, 6.45) is 2.36. The Kier molecular flexibility index (Phi) is 4.94. The van der Waals surface area contributed by atoms with Gasteiger partial charge in [0.05, 0.1) is 20.8 Å². The van der Waals surface area contributed by atoms with Crippen molar-refractivity contribution in [2.45, 2.75) is 38.0 Å². The van der Waals surface area contributed by atoms with Gasteiger partial charge in [-0.05, 0) is 44.4 Å². The number of carbonyl (C=O) groups excluding carboxylic acids is 1. The molecule has 0 spiro atoms. The molecule has 0 bridgehead atoms. The highest BCUT2D eigenvalue weighted by atomic mass is 32.2. The summed E-state index contributed by atoms with van der Waals surface area (Å²) in [5.41, 5.74) is 1.65. The van der Waals surface area contributed by atoms with E-state index >= 15 is 0 Å². The van der Waals surface area contributed by atoms with Crippen LogP contribution in [-0.2, 0) is 16.4 Å². The summed E-state index contributed by atoms with van der Waals surface area (Å²) in [5, 5.41) is 7.06. The first kappa shape index (κ1) is 19.0. The van der Waals surface area contributed by atoms with Crippen LogP contribution in [0.3, 0.4) is 0 Å². The van der Waals surface area contributed by atoms with E-state index in [1.54, 1.807) is 25.1 Å². The highest BCUT2D eigenvalue weighted by molar-refractivity contribution is 7.89. The molecule has 1 aromatic carbocycles. The van der Waals surface area contributed by atoms with Gasteiger partial charge in [0.1, 0.15) is 11.3 Å². The number of aromatic nitrogens is 2. The van der Waals surface area contributed by atoms with Crippen LogP contribution in [0.15, 0.2) is 27.6 Å². The molecule has 0 radical (unpaired) electrons. The fourth-order valence-corrected chi connectivity index (χ4v) is 5.82. The number of aryl methyl sites for hydroxylation is 2. The lowest BCUT2D eigenvalue weighted by Crippen LogP contribution is -2.27. The van der Waals surface area contributed by atoms with Crippen LogP contribution in [-0.4, -0.2) is 41.9 Å². The molecule has 0 saturated carbocycles. The predicted molar refractivity (Wildman–Crippen MR) is 106 cm³/mol. The number of hydrogen-bond donors (Lipinski definition) is 1. The Morgan fingerprint density at radius 3 is 2.79 bits per heavy atom. The van der Waals surface area contributed by atoms with Gasteiger partial charge in [-0.2, -0.15) is 4.31 Å². The van der Waals surface area contributed by atoms with E-state index < -0.39 is 10.0 Å². The summed E-state index contributed by atoms with van der Waals surface area (Å²) >= 11 is 1.24. The highest BCUT2D eigenvalue weighted by Gasteiger charge is 2.27. The Morgan fingerprint density at radius 2 is 2.07 bits per heavy atom. The lowest BCUT2D eigenvalue weighted by atomic mass is 10.1. The van der Waals surface area contributed by atoms with Gasteiger partial charge in [-0.15, -0.1) is 0 Å². The summed E-state index contributed by atoms with van der Waals surface area (Å²) < 4.78 is 32.8. The molecule has 1 amide bonds. The Morgan fingerprint density at radius 1 is 1.32 bits per heavy atom. The van der Waals surface area contributed by atoms with Crippen LogP contribution in [0.25, 0.3) is 10.2 Å². The van der Waals surface area contributed by atoms with E-state index in [0.29, 0.717) is 51.9 Å². The van der Waals surface area contributed by atoms with Crippen LogP contribution in [0.5, 0.6) is 0 Å². The Balaban J connectivity index is 1.62. The fourth-order valence-electron chi connectivity index (χ4n) is 3.31. The van der Waals surface area contributed by atoms with Crippen LogP contribution in [0.1, 0.15) is 41.6 Å². The van der Waals surface area contributed by atoms with Gasteiger partial charge in [0.2, 0.25) is 10.0 Å². The first-order chi connectivity index (χ1) is 13.4. The monoisotopic (exact) mass is 420 g/mol. The van der Waals surface area contributed by atoms with Crippen LogP contribution < -0.4 is 5.32 Å². The second-order valence-electron chi connectivity index (χ2n) is 6.63.